The van der Waals surface area contributed by atoms with Crippen LogP contribution in [0.15, 0.2) is 71.6 Å². The summed E-state index contributed by atoms with van der Waals surface area (Å²) in [7, 11) is -3.90. The van der Waals surface area contributed by atoms with Crippen LogP contribution in [0.2, 0.25) is 0 Å². The van der Waals surface area contributed by atoms with E-state index < -0.39 is 15.8 Å². The van der Waals surface area contributed by atoms with E-state index in [1.807, 2.05) is 43.3 Å². The van der Waals surface area contributed by atoms with Crippen molar-refractivity contribution in [2.75, 3.05) is 13.1 Å². The molecule has 1 amide bonds. The number of hydrogen-bond acceptors (Lipinski definition) is 3. The molecule has 1 atom stereocenters. The number of carbonyl (C=O) groups is 1. The predicted molar refractivity (Wildman–Crippen MR) is 118 cm³/mol. The zero-order valence-corrected chi connectivity index (χ0v) is 18.1. The molecule has 0 aliphatic carbocycles. The lowest BCUT2D eigenvalue weighted by atomic mass is 9.96. The molecule has 31 heavy (non-hydrogen) atoms. The highest BCUT2D eigenvalue weighted by molar-refractivity contribution is 7.89. The SMILES string of the molecule is CC(NC(=O)C1CCN(S(=O)(=O)c2ccccc2F)CC1)c1ccc2ccccc2c1. The second-order valence-corrected chi connectivity index (χ2v) is 9.85. The van der Waals surface area contributed by atoms with Gasteiger partial charge in [0.1, 0.15) is 10.7 Å². The van der Waals surface area contributed by atoms with E-state index in [1.54, 1.807) is 0 Å². The Balaban J connectivity index is 1.38. The van der Waals surface area contributed by atoms with Gasteiger partial charge in [-0.15, -0.1) is 0 Å². The number of sulfonamides is 1. The number of carbonyl (C=O) groups excluding carboxylic acids is 1. The summed E-state index contributed by atoms with van der Waals surface area (Å²) in [6.45, 7) is 2.33. The number of halogens is 1. The highest BCUT2D eigenvalue weighted by Gasteiger charge is 2.33. The van der Waals surface area contributed by atoms with Crippen molar-refractivity contribution in [2.45, 2.75) is 30.7 Å². The van der Waals surface area contributed by atoms with Crippen LogP contribution in [0, 0.1) is 11.7 Å². The van der Waals surface area contributed by atoms with E-state index in [1.165, 1.54) is 22.5 Å². The highest BCUT2D eigenvalue weighted by atomic mass is 32.2. The third-order valence-corrected chi connectivity index (χ3v) is 7.84. The Hall–Kier alpha value is -2.77. The Kier molecular flexibility index (Phi) is 6.07. The Morgan fingerprint density at radius 3 is 2.35 bits per heavy atom. The standard InChI is InChI=1S/C24H25FN2O3S/c1-17(20-11-10-18-6-2-3-7-21(18)16-20)26-24(28)19-12-14-27(15-13-19)31(29,30)23-9-5-4-8-22(23)25/h2-11,16-17,19H,12-15H2,1H3,(H,26,28). The van der Waals surface area contributed by atoms with Gasteiger partial charge in [0.05, 0.1) is 6.04 Å². The van der Waals surface area contributed by atoms with Gasteiger partial charge in [0.2, 0.25) is 15.9 Å². The lowest BCUT2D eigenvalue weighted by Crippen LogP contribution is -2.43. The van der Waals surface area contributed by atoms with Gasteiger partial charge < -0.3 is 5.32 Å². The zero-order valence-electron chi connectivity index (χ0n) is 17.3. The van der Waals surface area contributed by atoms with E-state index in [9.17, 15) is 17.6 Å². The number of hydrogen-bond donors (Lipinski definition) is 1. The van der Waals surface area contributed by atoms with Crippen LogP contribution in [0.4, 0.5) is 4.39 Å². The van der Waals surface area contributed by atoms with Crippen LogP contribution in [0.5, 0.6) is 0 Å². The van der Waals surface area contributed by atoms with Gasteiger partial charge in [0.15, 0.2) is 0 Å². The molecule has 1 heterocycles. The molecule has 3 aromatic rings. The molecular weight excluding hydrogens is 415 g/mol. The molecule has 162 valence electrons. The molecule has 0 bridgehead atoms. The van der Waals surface area contributed by atoms with Crippen molar-refractivity contribution < 1.29 is 17.6 Å². The average Bonchev–Trinajstić information content (AvgIpc) is 2.79. The van der Waals surface area contributed by atoms with Gasteiger partial charge in [0, 0.05) is 19.0 Å². The summed E-state index contributed by atoms with van der Waals surface area (Å²) < 4.78 is 40.7. The monoisotopic (exact) mass is 440 g/mol. The normalized spacial score (nSPS) is 16.8. The maximum absolute atomic E-state index is 14.0. The summed E-state index contributed by atoms with van der Waals surface area (Å²) in [4.78, 5) is 12.5. The largest absolute Gasteiger partial charge is 0.349 e. The van der Waals surface area contributed by atoms with E-state index in [0.29, 0.717) is 12.8 Å². The van der Waals surface area contributed by atoms with Crippen LogP contribution in [-0.2, 0) is 14.8 Å². The minimum absolute atomic E-state index is 0.0800. The van der Waals surface area contributed by atoms with E-state index in [2.05, 4.69) is 11.4 Å². The second-order valence-electron chi connectivity index (χ2n) is 7.95. The Bertz CT molecular complexity index is 1200. The molecule has 5 nitrogen and oxygen atoms in total. The average molecular weight is 441 g/mol. The quantitative estimate of drug-likeness (QED) is 0.645. The molecule has 1 fully saturated rings. The first-order valence-electron chi connectivity index (χ1n) is 10.4. The smallest absolute Gasteiger partial charge is 0.245 e. The summed E-state index contributed by atoms with van der Waals surface area (Å²) in [6, 6.07) is 19.4. The third kappa shape index (κ3) is 4.48. The Labute approximate surface area is 181 Å². The van der Waals surface area contributed by atoms with Crippen LogP contribution >= 0.6 is 0 Å². The second kappa shape index (κ2) is 8.77. The Morgan fingerprint density at radius 2 is 1.65 bits per heavy atom. The van der Waals surface area contributed by atoms with E-state index in [0.717, 1.165) is 22.4 Å². The number of amides is 1. The maximum atomic E-state index is 14.0. The fourth-order valence-corrected chi connectivity index (χ4v) is 5.58. The summed E-state index contributed by atoms with van der Waals surface area (Å²) >= 11 is 0. The number of nitrogens with zero attached hydrogens (tertiary/aromatic N) is 1. The Morgan fingerprint density at radius 1 is 1.00 bits per heavy atom. The van der Waals surface area contributed by atoms with Crippen molar-refractivity contribution in [2.24, 2.45) is 5.92 Å². The first kappa shape index (κ1) is 21.5. The van der Waals surface area contributed by atoms with Crippen molar-refractivity contribution in [3.8, 4) is 0 Å². The molecule has 1 N–H and O–H groups in total. The fraction of sp³-hybridized carbons (Fsp3) is 0.292. The van der Waals surface area contributed by atoms with Gasteiger partial charge in [-0.25, -0.2) is 12.8 Å². The summed E-state index contributed by atoms with van der Waals surface area (Å²) in [6.07, 6.45) is 0.813. The lowest BCUT2D eigenvalue weighted by molar-refractivity contribution is -0.126. The van der Waals surface area contributed by atoms with Gasteiger partial charge >= 0.3 is 0 Å². The summed E-state index contributed by atoms with van der Waals surface area (Å²) in [5.74, 6) is -1.11. The van der Waals surface area contributed by atoms with Crippen LogP contribution in [0.25, 0.3) is 10.8 Å². The molecule has 7 heteroatoms. The molecule has 3 aromatic carbocycles. The van der Waals surface area contributed by atoms with Crippen molar-refractivity contribution in [3.05, 3.63) is 78.1 Å². The first-order valence-corrected chi connectivity index (χ1v) is 11.8. The van der Waals surface area contributed by atoms with Crippen LogP contribution in [-0.4, -0.2) is 31.7 Å². The van der Waals surface area contributed by atoms with E-state index in [4.69, 9.17) is 0 Å². The van der Waals surface area contributed by atoms with Crippen molar-refractivity contribution in [1.82, 2.24) is 9.62 Å². The van der Waals surface area contributed by atoms with Crippen LogP contribution in [0.3, 0.4) is 0 Å². The van der Waals surface area contributed by atoms with Crippen LogP contribution in [0.1, 0.15) is 31.4 Å². The molecule has 0 spiro atoms. The van der Waals surface area contributed by atoms with Gasteiger partial charge in [-0.05, 0) is 54.3 Å². The molecule has 0 radical (unpaired) electrons. The summed E-state index contributed by atoms with van der Waals surface area (Å²) in [5.41, 5.74) is 1.02. The number of rotatable bonds is 5. The topological polar surface area (TPSA) is 66.5 Å². The number of fused-ring (bicyclic) bond motifs is 1. The van der Waals surface area contributed by atoms with Gasteiger partial charge in [-0.1, -0.05) is 48.5 Å². The number of nitrogens with one attached hydrogen (secondary N) is 1. The van der Waals surface area contributed by atoms with Crippen molar-refractivity contribution in [1.29, 1.82) is 0 Å². The molecule has 1 saturated heterocycles. The first-order chi connectivity index (χ1) is 14.9. The van der Waals surface area contributed by atoms with Gasteiger partial charge in [-0.3, -0.25) is 4.79 Å². The molecule has 0 aromatic heterocycles. The lowest BCUT2D eigenvalue weighted by Gasteiger charge is -2.31. The molecule has 4 rings (SSSR count). The van der Waals surface area contributed by atoms with Crippen LogP contribution < -0.4 is 5.32 Å². The molecule has 1 aliphatic rings. The van der Waals surface area contributed by atoms with Crippen molar-refractivity contribution >= 4 is 26.7 Å². The predicted octanol–water partition coefficient (Wildman–Crippen LogP) is 4.26. The third-order valence-electron chi connectivity index (χ3n) is 5.91. The number of piperidine rings is 1. The van der Waals surface area contributed by atoms with E-state index >= 15 is 0 Å². The molecule has 1 unspecified atom stereocenters. The molecule has 1 aliphatic heterocycles. The fourth-order valence-electron chi connectivity index (χ4n) is 4.04. The van der Waals surface area contributed by atoms with Crippen molar-refractivity contribution in [3.63, 3.8) is 0 Å². The zero-order chi connectivity index (χ0) is 22.0. The van der Waals surface area contributed by atoms with Gasteiger partial charge in [-0.2, -0.15) is 4.31 Å². The minimum atomic E-state index is -3.90. The minimum Gasteiger partial charge on any atom is -0.349 e. The van der Waals surface area contributed by atoms with Gasteiger partial charge in [0.25, 0.3) is 0 Å². The van der Waals surface area contributed by atoms with E-state index in [-0.39, 0.29) is 35.9 Å². The maximum Gasteiger partial charge on any atom is 0.245 e. The summed E-state index contributed by atoms with van der Waals surface area (Å²) in [5, 5.41) is 5.32. The molecule has 0 saturated carbocycles. The molecular formula is C24H25FN2O3S. The highest BCUT2D eigenvalue weighted by Crippen LogP contribution is 2.26. The number of benzene rings is 3.